The Morgan fingerprint density at radius 3 is 2.35 bits per heavy atom. The topological polar surface area (TPSA) is 25.0 Å². The SMILES string of the molecule is COc1ccc2[nH]cc([C@H](/C=C/c3ccccc3)c3ccccc3)c2c1. The number of rotatable bonds is 5. The number of allylic oxidation sites excluding steroid dienone is 1. The molecule has 0 saturated carbocycles. The van der Waals surface area contributed by atoms with Crippen LogP contribution in [0.4, 0.5) is 0 Å². The van der Waals surface area contributed by atoms with E-state index in [1.807, 2.05) is 12.1 Å². The van der Waals surface area contributed by atoms with Crippen LogP contribution in [0.1, 0.15) is 22.6 Å². The third kappa shape index (κ3) is 3.27. The summed E-state index contributed by atoms with van der Waals surface area (Å²) in [7, 11) is 1.71. The predicted molar refractivity (Wildman–Crippen MR) is 109 cm³/mol. The first kappa shape index (κ1) is 16.2. The van der Waals surface area contributed by atoms with E-state index < -0.39 is 0 Å². The van der Waals surface area contributed by atoms with Gasteiger partial charge in [-0.25, -0.2) is 0 Å². The fourth-order valence-electron chi connectivity index (χ4n) is 3.33. The first-order valence-electron chi connectivity index (χ1n) is 8.78. The van der Waals surface area contributed by atoms with Gasteiger partial charge in [0.25, 0.3) is 0 Å². The molecule has 1 atom stereocenters. The van der Waals surface area contributed by atoms with Crippen molar-refractivity contribution < 1.29 is 4.74 Å². The highest BCUT2D eigenvalue weighted by Gasteiger charge is 2.16. The molecule has 0 aliphatic heterocycles. The number of aromatic amines is 1. The van der Waals surface area contributed by atoms with E-state index in [0.717, 1.165) is 11.3 Å². The number of hydrogen-bond donors (Lipinski definition) is 1. The van der Waals surface area contributed by atoms with Gasteiger partial charge in [-0.05, 0) is 34.9 Å². The zero-order valence-corrected chi connectivity index (χ0v) is 14.7. The second kappa shape index (κ2) is 7.32. The Labute approximate surface area is 153 Å². The van der Waals surface area contributed by atoms with Crippen molar-refractivity contribution in [1.29, 1.82) is 0 Å². The van der Waals surface area contributed by atoms with Crippen LogP contribution in [-0.4, -0.2) is 12.1 Å². The largest absolute Gasteiger partial charge is 0.497 e. The first-order valence-corrected chi connectivity index (χ1v) is 8.78. The van der Waals surface area contributed by atoms with Gasteiger partial charge in [0, 0.05) is 23.0 Å². The Balaban J connectivity index is 1.82. The lowest BCUT2D eigenvalue weighted by Crippen LogP contribution is -1.97. The Bertz CT molecular complexity index is 1020. The second-order valence-electron chi connectivity index (χ2n) is 6.31. The van der Waals surface area contributed by atoms with Crippen molar-refractivity contribution in [2.45, 2.75) is 5.92 Å². The number of aromatic nitrogens is 1. The first-order chi connectivity index (χ1) is 12.8. The molecule has 26 heavy (non-hydrogen) atoms. The molecule has 4 rings (SSSR count). The highest BCUT2D eigenvalue weighted by Crippen LogP contribution is 2.34. The quantitative estimate of drug-likeness (QED) is 0.472. The Kier molecular flexibility index (Phi) is 4.57. The monoisotopic (exact) mass is 339 g/mol. The lowest BCUT2D eigenvalue weighted by atomic mass is 9.90. The lowest BCUT2D eigenvalue weighted by molar-refractivity contribution is 0.415. The van der Waals surface area contributed by atoms with Crippen LogP contribution in [0.3, 0.4) is 0 Å². The summed E-state index contributed by atoms with van der Waals surface area (Å²) in [6, 6.07) is 27.2. The standard InChI is InChI=1S/C24H21NO/c1-26-20-13-15-24-22(16-20)23(17-25-24)21(19-10-6-3-7-11-19)14-12-18-8-4-2-5-9-18/h2-17,21,25H,1H3/b14-12+/t21-/m1/s1. The van der Waals surface area contributed by atoms with Gasteiger partial charge in [0.2, 0.25) is 0 Å². The van der Waals surface area contributed by atoms with E-state index in [4.69, 9.17) is 4.74 Å². The molecule has 128 valence electrons. The van der Waals surface area contributed by atoms with Crippen LogP contribution in [0.15, 0.2) is 91.1 Å². The van der Waals surface area contributed by atoms with E-state index in [1.165, 1.54) is 22.1 Å². The number of methoxy groups -OCH3 is 1. The molecule has 1 heterocycles. The number of benzene rings is 3. The van der Waals surface area contributed by atoms with Gasteiger partial charge in [0.15, 0.2) is 0 Å². The van der Waals surface area contributed by atoms with Crippen molar-refractivity contribution in [2.24, 2.45) is 0 Å². The number of nitrogens with one attached hydrogen (secondary N) is 1. The van der Waals surface area contributed by atoms with E-state index in [0.29, 0.717) is 0 Å². The van der Waals surface area contributed by atoms with E-state index in [2.05, 4.69) is 90.1 Å². The Morgan fingerprint density at radius 2 is 1.62 bits per heavy atom. The molecule has 0 aliphatic carbocycles. The molecular formula is C24H21NO. The van der Waals surface area contributed by atoms with Crippen LogP contribution in [0.2, 0.25) is 0 Å². The highest BCUT2D eigenvalue weighted by molar-refractivity contribution is 5.86. The van der Waals surface area contributed by atoms with Crippen LogP contribution in [-0.2, 0) is 0 Å². The molecule has 0 radical (unpaired) electrons. The van der Waals surface area contributed by atoms with E-state index in [-0.39, 0.29) is 5.92 Å². The Hall–Kier alpha value is -3.26. The maximum atomic E-state index is 5.43. The van der Waals surface area contributed by atoms with Gasteiger partial charge in [-0.2, -0.15) is 0 Å². The fraction of sp³-hybridized carbons (Fsp3) is 0.0833. The molecule has 0 bridgehead atoms. The van der Waals surface area contributed by atoms with Crippen LogP contribution < -0.4 is 4.74 Å². The summed E-state index contributed by atoms with van der Waals surface area (Å²) < 4.78 is 5.43. The van der Waals surface area contributed by atoms with E-state index >= 15 is 0 Å². The van der Waals surface area contributed by atoms with Gasteiger partial charge in [0.05, 0.1) is 7.11 Å². The van der Waals surface area contributed by atoms with Crippen molar-refractivity contribution >= 4 is 17.0 Å². The number of ether oxygens (including phenoxy) is 1. The summed E-state index contributed by atoms with van der Waals surface area (Å²) >= 11 is 0. The highest BCUT2D eigenvalue weighted by atomic mass is 16.5. The number of H-pyrrole nitrogens is 1. The average Bonchev–Trinajstić information content (AvgIpc) is 3.13. The third-order valence-electron chi connectivity index (χ3n) is 4.70. The molecule has 0 aliphatic rings. The summed E-state index contributed by atoms with van der Waals surface area (Å²) in [5.41, 5.74) is 4.83. The normalized spacial score (nSPS) is 12.5. The minimum absolute atomic E-state index is 0.164. The van der Waals surface area contributed by atoms with E-state index in [9.17, 15) is 0 Å². The molecule has 1 N–H and O–H groups in total. The van der Waals surface area contributed by atoms with Gasteiger partial charge in [0.1, 0.15) is 5.75 Å². The van der Waals surface area contributed by atoms with Crippen molar-refractivity contribution in [3.05, 3.63) is 108 Å². The summed E-state index contributed by atoms with van der Waals surface area (Å²) in [5.74, 6) is 1.04. The van der Waals surface area contributed by atoms with Crippen molar-refractivity contribution in [3.8, 4) is 5.75 Å². The molecule has 4 aromatic rings. The third-order valence-corrected chi connectivity index (χ3v) is 4.70. The molecule has 0 spiro atoms. The van der Waals surface area contributed by atoms with Crippen molar-refractivity contribution in [3.63, 3.8) is 0 Å². The van der Waals surface area contributed by atoms with Gasteiger partial charge < -0.3 is 9.72 Å². The molecule has 0 saturated heterocycles. The average molecular weight is 339 g/mol. The zero-order chi connectivity index (χ0) is 17.8. The van der Waals surface area contributed by atoms with Crippen LogP contribution in [0.5, 0.6) is 5.75 Å². The molecule has 0 fully saturated rings. The van der Waals surface area contributed by atoms with Crippen LogP contribution >= 0.6 is 0 Å². The number of hydrogen-bond acceptors (Lipinski definition) is 1. The molecule has 3 aromatic carbocycles. The predicted octanol–water partition coefficient (Wildman–Crippen LogP) is 6.02. The van der Waals surface area contributed by atoms with Gasteiger partial charge in [-0.15, -0.1) is 0 Å². The van der Waals surface area contributed by atoms with Crippen molar-refractivity contribution in [2.75, 3.05) is 7.11 Å². The van der Waals surface area contributed by atoms with Gasteiger partial charge in [-0.3, -0.25) is 0 Å². The zero-order valence-electron chi connectivity index (χ0n) is 14.7. The summed E-state index contributed by atoms with van der Waals surface area (Å²) in [6.45, 7) is 0. The summed E-state index contributed by atoms with van der Waals surface area (Å²) in [4.78, 5) is 3.40. The molecule has 2 nitrogen and oxygen atoms in total. The second-order valence-corrected chi connectivity index (χ2v) is 6.31. The number of fused-ring (bicyclic) bond motifs is 1. The van der Waals surface area contributed by atoms with Crippen LogP contribution in [0.25, 0.3) is 17.0 Å². The Morgan fingerprint density at radius 1 is 0.885 bits per heavy atom. The lowest BCUT2D eigenvalue weighted by Gasteiger charge is -2.13. The molecule has 1 aromatic heterocycles. The fourth-order valence-corrected chi connectivity index (χ4v) is 3.33. The minimum Gasteiger partial charge on any atom is -0.497 e. The molecule has 0 amide bonds. The maximum Gasteiger partial charge on any atom is 0.119 e. The molecule has 0 unspecified atom stereocenters. The van der Waals surface area contributed by atoms with Gasteiger partial charge >= 0.3 is 0 Å². The molecule has 2 heteroatoms. The maximum absolute atomic E-state index is 5.43. The minimum atomic E-state index is 0.164. The van der Waals surface area contributed by atoms with Crippen molar-refractivity contribution in [1.82, 2.24) is 4.98 Å². The van der Waals surface area contributed by atoms with E-state index in [1.54, 1.807) is 7.11 Å². The summed E-state index contributed by atoms with van der Waals surface area (Å²) in [5, 5.41) is 1.19. The summed E-state index contributed by atoms with van der Waals surface area (Å²) in [6.07, 6.45) is 6.57. The van der Waals surface area contributed by atoms with Crippen LogP contribution in [0, 0.1) is 0 Å². The molecular weight excluding hydrogens is 318 g/mol. The van der Waals surface area contributed by atoms with Gasteiger partial charge in [-0.1, -0.05) is 72.8 Å². The smallest absolute Gasteiger partial charge is 0.119 e.